The lowest BCUT2D eigenvalue weighted by Crippen LogP contribution is -2.37. The molecule has 2 heterocycles. The highest BCUT2D eigenvalue weighted by atomic mass is 16.3. The van der Waals surface area contributed by atoms with E-state index in [1.807, 2.05) is 0 Å². The Kier molecular flexibility index (Phi) is 3.86. The van der Waals surface area contributed by atoms with Crippen LogP contribution in [0.1, 0.15) is 17.3 Å². The van der Waals surface area contributed by atoms with Crippen LogP contribution >= 0.6 is 0 Å². The lowest BCUT2D eigenvalue weighted by atomic mass is 10.2. The molecule has 0 radical (unpaired) electrons. The highest BCUT2D eigenvalue weighted by molar-refractivity contribution is 5.94. The lowest BCUT2D eigenvalue weighted by molar-refractivity contribution is 0.0682. The number of pyridine rings is 1. The summed E-state index contributed by atoms with van der Waals surface area (Å²) >= 11 is 0. The standard InChI is InChI=1S/C12H15N5O2/c1-9(6-18)16(2)12(19)10-3-4-11(14-5-10)17-8-13-7-15-17/h3-5,7-9,18H,6H2,1-2H3. The second-order valence-electron chi connectivity index (χ2n) is 4.19. The Bertz CT molecular complexity index is 538. The quantitative estimate of drug-likeness (QED) is 0.844. The predicted molar refractivity (Wildman–Crippen MR) is 67.8 cm³/mol. The molecule has 0 aromatic carbocycles. The van der Waals surface area contributed by atoms with Gasteiger partial charge in [0, 0.05) is 13.2 Å². The van der Waals surface area contributed by atoms with Crippen molar-refractivity contribution in [2.75, 3.05) is 13.7 Å². The van der Waals surface area contributed by atoms with Gasteiger partial charge >= 0.3 is 0 Å². The Balaban J connectivity index is 2.17. The smallest absolute Gasteiger partial charge is 0.255 e. The van der Waals surface area contributed by atoms with E-state index >= 15 is 0 Å². The third-order valence-electron chi connectivity index (χ3n) is 2.89. The van der Waals surface area contributed by atoms with Crippen LogP contribution in [-0.2, 0) is 0 Å². The van der Waals surface area contributed by atoms with Crippen molar-refractivity contribution < 1.29 is 9.90 Å². The summed E-state index contributed by atoms with van der Waals surface area (Å²) in [5.74, 6) is 0.408. The van der Waals surface area contributed by atoms with Crippen LogP contribution in [0.4, 0.5) is 0 Å². The fourth-order valence-corrected chi connectivity index (χ4v) is 1.50. The molecule has 2 rings (SSSR count). The van der Waals surface area contributed by atoms with E-state index in [4.69, 9.17) is 5.11 Å². The molecule has 0 bridgehead atoms. The maximum absolute atomic E-state index is 12.1. The Hall–Kier alpha value is -2.28. The maximum atomic E-state index is 12.1. The van der Waals surface area contributed by atoms with Crippen LogP contribution in [0.2, 0.25) is 0 Å². The molecule has 0 aliphatic carbocycles. The molecule has 19 heavy (non-hydrogen) atoms. The zero-order chi connectivity index (χ0) is 13.8. The van der Waals surface area contributed by atoms with Crippen molar-refractivity contribution in [2.45, 2.75) is 13.0 Å². The van der Waals surface area contributed by atoms with Crippen LogP contribution in [-0.4, -0.2) is 55.4 Å². The monoisotopic (exact) mass is 261 g/mol. The average Bonchev–Trinajstić information content (AvgIpc) is 2.99. The SMILES string of the molecule is CC(CO)N(C)C(=O)c1ccc(-n2cncn2)nc1. The van der Waals surface area contributed by atoms with Gasteiger partial charge < -0.3 is 10.0 Å². The number of aromatic nitrogens is 4. The van der Waals surface area contributed by atoms with Crippen LogP contribution in [0.3, 0.4) is 0 Å². The summed E-state index contributed by atoms with van der Waals surface area (Å²) in [7, 11) is 1.65. The van der Waals surface area contributed by atoms with E-state index in [9.17, 15) is 4.79 Å². The molecule has 0 fully saturated rings. The summed E-state index contributed by atoms with van der Waals surface area (Å²) in [6, 6.07) is 3.13. The number of rotatable bonds is 4. The summed E-state index contributed by atoms with van der Waals surface area (Å²) in [5.41, 5.74) is 0.465. The largest absolute Gasteiger partial charge is 0.394 e. The Labute approximate surface area is 110 Å². The molecule has 100 valence electrons. The Morgan fingerprint density at radius 2 is 2.32 bits per heavy atom. The summed E-state index contributed by atoms with van der Waals surface area (Å²) in [5, 5.41) is 13.0. The summed E-state index contributed by atoms with van der Waals surface area (Å²) in [6.45, 7) is 1.70. The highest BCUT2D eigenvalue weighted by Crippen LogP contribution is 2.08. The molecule has 0 aliphatic heterocycles. The molecule has 0 spiro atoms. The number of carbonyl (C=O) groups is 1. The van der Waals surface area contributed by atoms with Gasteiger partial charge in [-0.3, -0.25) is 4.79 Å². The number of hydrogen-bond acceptors (Lipinski definition) is 5. The minimum Gasteiger partial charge on any atom is -0.394 e. The third kappa shape index (κ3) is 2.76. The predicted octanol–water partition coefficient (Wildman–Crippen LogP) is 0.115. The van der Waals surface area contributed by atoms with Gasteiger partial charge in [-0.25, -0.2) is 14.6 Å². The molecule has 1 amide bonds. The van der Waals surface area contributed by atoms with Crippen molar-refractivity contribution in [1.82, 2.24) is 24.6 Å². The Morgan fingerprint density at radius 1 is 1.53 bits per heavy atom. The van der Waals surface area contributed by atoms with E-state index in [2.05, 4.69) is 15.1 Å². The molecule has 7 nitrogen and oxygen atoms in total. The van der Waals surface area contributed by atoms with Gasteiger partial charge in [-0.05, 0) is 19.1 Å². The van der Waals surface area contributed by atoms with E-state index in [1.165, 1.54) is 28.4 Å². The van der Waals surface area contributed by atoms with Gasteiger partial charge in [-0.15, -0.1) is 0 Å². The molecule has 0 saturated carbocycles. The fraction of sp³-hybridized carbons (Fsp3) is 0.333. The number of nitrogens with zero attached hydrogens (tertiary/aromatic N) is 5. The van der Waals surface area contributed by atoms with Gasteiger partial charge in [-0.1, -0.05) is 0 Å². The van der Waals surface area contributed by atoms with Crippen LogP contribution < -0.4 is 0 Å². The number of hydrogen-bond donors (Lipinski definition) is 1. The minimum atomic E-state index is -0.234. The first-order valence-corrected chi connectivity index (χ1v) is 5.82. The number of likely N-dealkylation sites (N-methyl/N-ethyl adjacent to an activating group) is 1. The van der Waals surface area contributed by atoms with Crippen molar-refractivity contribution in [3.8, 4) is 5.82 Å². The molecular formula is C12H15N5O2. The molecule has 1 N–H and O–H groups in total. The molecule has 2 aromatic rings. The van der Waals surface area contributed by atoms with Crippen molar-refractivity contribution in [3.63, 3.8) is 0 Å². The first-order chi connectivity index (χ1) is 9.13. The van der Waals surface area contributed by atoms with Gasteiger partial charge in [-0.2, -0.15) is 5.10 Å². The fourth-order valence-electron chi connectivity index (χ4n) is 1.50. The molecule has 0 saturated heterocycles. The van der Waals surface area contributed by atoms with E-state index in [1.54, 1.807) is 26.1 Å². The van der Waals surface area contributed by atoms with Gasteiger partial charge in [0.2, 0.25) is 0 Å². The molecule has 1 unspecified atom stereocenters. The number of aliphatic hydroxyl groups excluding tert-OH is 1. The zero-order valence-corrected chi connectivity index (χ0v) is 10.8. The summed E-state index contributed by atoms with van der Waals surface area (Å²) < 4.78 is 1.51. The van der Waals surface area contributed by atoms with Gasteiger partial charge in [0.25, 0.3) is 5.91 Å². The van der Waals surface area contributed by atoms with Crippen molar-refractivity contribution in [2.24, 2.45) is 0 Å². The third-order valence-corrected chi connectivity index (χ3v) is 2.89. The molecule has 1 atom stereocenters. The first kappa shape index (κ1) is 13.2. The van der Waals surface area contributed by atoms with Crippen molar-refractivity contribution in [1.29, 1.82) is 0 Å². The first-order valence-electron chi connectivity index (χ1n) is 5.82. The van der Waals surface area contributed by atoms with Crippen LogP contribution in [0.25, 0.3) is 5.82 Å². The van der Waals surface area contributed by atoms with Crippen molar-refractivity contribution >= 4 is 5.91 Å². The number of carbonyl (C=O) groups excluding carboxylic acids is 1. The van der Waals surface area contributed by atoms with Gasteiger partial charge in [0.15, 0.2) is 5.82 Å². The lowest BCUT2D eigenvalue weighted by Gasteiger charge is -2.23. The van der Waals surface area contributed by atoms with E-state index in [0.717, 1.165) is 0 Å². The Morgan fingerprint density at radius 3 is 2.84 bits per heavy atom. The second kappa shape index (κ2) is 5.57. The van der Waals surface area contributed by atoms with Crippen LogP contribution in [0.15, 0.2) is 31.0 Å². The average molecular weight is 261 g/mol. The molecule has 7 heteroatoms. The van der Waals surface area contributed by atoms with Crippen molar-refractivity contribution in [3.05, 3.63) is 36.5 Å². The van der Waals surface area contributed by atoms with E-state index in [0.29, 0.717) is 11.4 Å². The normalized spacial score (nSPS) is 12.2. The summed E-state index contributed by atoms with van der Waals surface area (Å²) in [4.78, 5) is 21.5. The highest BCUT2D eigenvalue weighted by Gasteiger charge is 2.17. The number of aliphatic hydroxyl groups is 1. The van der Waals surface area contributed by atoms with E-state index < -0.39 is 0 Å². The van der Waals surface area contributed by atoms with Crippen LogP contribution in [0, 0.1) is 0 Å². The summed E-state index contributed by atoms with van der Waals surface area (Å²) in [6.07, 6.45) is 4.43. The van der Waals surface area contributed by atoms with Gasteiger partial charge in [0.1, 0.15) is 12.7 Å². The molecule has 2 aromatic heterocycles. The minimum absolute atomic E-state index is 0.0767. The second-order valence-corrected chi connectivity index (χ2v) is 4.19. The zero-order valence-electron chi connectivity index (χ0n) is 10.8. The number of amides is 1. The van der Waals surface area contributed by atoms with E-state index in [-0.39, 0.29) is 18.6 Å². The van der Waals surface area contributed by atoms with Crippen LogP contribution in [0.5, 0.6) is 0 Å². The molecule has 0 aliphatic rings. The topological polar surface area (TPSA) is 84.1 Å². The van der Waals surface area contributed by atoms with Gasteiger partial charge in [0.05, 0.1) is 18.2 Å². The molecular weight excluding hydrogens is 246 g/mol. The maximum Gasteiger partial charge on any atom is 0.255 e.